The van der Waals surface area contributed by atoms with Crippen LogP contribution in [0.2, 0.25) is 0 Å². The van der Waals surface area contributed by atoms with Crippen LogP contribution in [0.3, 0.4) is 0 Å². The summed E-state index contributed by atoms with van der Waals surface area (Å²) < 4.78 is 6.43. The van der Waals surface area contributed by atoms with Gasteiger partial charge >= 0.3 is 0 Å². The van der Waals surface area contributed by atoms with E-state index in [1.807, 2.05) is 19.9 Å². The molecule has 0 saturated carbocycles. The number of hydrogen-bond acceptors (Lipinski definition) is 8. The predicted octanol–water partition coefficient (Wildman–Crippen LogP) is 4.59. The summed E-state index contributed by atoms with van der Waals surface area (Å²) in [4.78, 5) is 31.0. The number of aryl methyl sites for hydroxylation is 2. The van der Waals surface area contributed by atoms with Crippen LogP contribution in [-0.4, -0.2) is 32.8 Å². The highest BCUT2D eigenvalue weighted by Crippen LogP contribution is 2.27. The molecule has 0 radical (unpaired) electrons. The van der Waals surface area contributed by atoms with Crippen LogP contribution in [0.25, 0.3) is 0 Å². The van der Waals surface area contributed by atoms with Gasteiger partial charge in [0.15, 0.2) is 5.16 Å². The zero-order valence-corrected chi connectivity index (χ0v) is 20.2. The number of nitrogens with one attached hydrogen (secondary N) is 1. The molecule has 1 heterocycles. The number of hydrazone groups is 1. The molecule has 0 bridgehead atoms. The van der Waals surface area contributed by atoms with Gasteiger partial charge in [-0.2, -0.15) is 5.10 Å². The number of nitro groups is 1. The molecular formula is C22H20BrN5O4S. The summed E-state index contributed by atoms with van der Waals surface area (Å²) in [5.74, 6) is 0.455. The number of benzene rings is 2. The number of non-ortho nitro benzene ring substituents is 1. The lowest BCUT2D eigenvalue weighted by atomic mass is 10.2. The third kappa shape index (κ3) is 7.65. The van der Waals surface area contributed by atoms with Gasteiger partial charge in [-0.3, -0.25) is 14.9 Å². The molecule has 2 aromatic carbocycles. The van der Waals surface area contributed by atoms with E-state index < -0.39 is 4.92 Å². The van der Waals surface area contributed by atoms with Crippen molar-refractivity contribution in [3.05, 3.63) is 85.6 Å². The Kier molecular flexibility index (Phi) is 8.50. The van der Waals surface area contributed by atoms with Gasteiger partial charge in [-0.1, -0.05) is 23.9 Å². The molecule has 9 nitrogen and oxygen atoms in total. The number of rotatable bonds is 9. The van der Waals surface area contributed by atoms with E-state index in [1.165, 1.54) is 30.1 Å². The lowest BCUT2D eigenvalue weighted by molar-refractivity contribution is -0.384. The molecule has 0 fully saturated rings. The maximum atomic E-state index is 12.0. The predicted molar refractivity (Wildman–Crippen MR) is 130 cm³/mol. The maximum absolute atomic E-state index is 12.0. The molecule has 0 aliphatic rings. The fourth-order valence-electron chi connectivity index (χ4n) is 2.73. The number of ether oxygens (including phenoxy) is 1. The number of aromatic nitrogens is 2. The van der Waals surface area contributed by atoms with Crippen molar-refractivity contribution in [2.45, 2.75) is 25.6 Å². The third-order valence-corrected chi connectivity index (χ3v) is 5.64. The highest BCUT2D eigenvalue weighted by atomic mass is 79.9. The van der Waals surface area contributed by atoms with Gasteiger partial charge in [-0.25, -0.2) is 15.4 Å². The molecule has 3 rings (SSSR count). The summed E-state index contributed by atoms with van der Waals surface area (Å²) in [6.45, 7) is 3.95. The van der Waals surface area contributed by atoms with Gasteiger partial charge in [0.05, 0.1) is 21.4 Å². The molecule has 1 amide bonds. The van der Waals surface area contributed by atoms with Crippen LogP contribution in [-0.2, 0) is 11.4 Å². The molecule has 0 spiro atoms. The van der Waals surface area contributed by atoms with E-state index >= 15 is 0 Å². The number of hydrogen-bond donors (Lipinski definition) is 1. The van der Waals surface area contributed by atoms with Crippen molar-refractivity contribution < 1.29 is 14.5 Å². The van der Waals surface area contributed by atoms with Crippen molar-refractivity contribution >= 4 is 45.5 Å². The van der Waals surface area contributed by atoms with Crippen molar-refractivity contribution in [1.29, 1.82) is 0 Å². The second-order valence-corrected chi connectivity index (χ2v) is 8.72. The number of carbonyl (C=O) groups is 1. The van der Waals surface area contributed by atoms with Crippen LogP contribution in [0, 0.1) is 24.0 Å². The minimum Gasteiger partial charge on any atom is -0.488 e. The Bertz CT molecular complexity index is 1180. The van der Waals surface area contributed by atoms with Crippen LogP contribution in [0.1, 0.15) is 22.5 Å². The molecule has 1 N–H and O–H groups in total. The first kappa shape index (κ1) is 24.3. The van der Waals surface area contributed by atoms with Crippen LogP contribution < -0.4 is 10.2 Å². The van der Waals surface area contributed by atoms with Crippen LogP contribution in [0.4, 0.5) is 5.69 Å². The molecule has 3 aromatic rings. The second kappa shape index (κ2) is 11.5. The van der Waals surface area contributed by atoms with Gasteiger partial charge in [0.1, 0.15) is 12.4 Å². The normalized spacial score (nSPS) is 10.9. The molecular weight excluding hydrogens is 510 g/mol. The van der Waals surface area contributed by atoms with E-state index in [0.717, 1.165) is 17.0 Å². The Labute approximate surface area is 203 Å². The maximum Gasteiger partial charge on any atom is 0.269 e. The lowest BCUT2D eigenvalue weighted by Crippen LogP contribution is -2.19. The van der Waals surface area contributed by atoms with E-state index in [0.29, 0.717) is 20.9 Å². The minimum atomic E-state index is -0.442. The van der Waals surface area contributed by atoms with Gasteiger partial charge in [0.2, 0.25) is 0 Å². The Morgan fingerprint density at radius 1 is 1.21 bits per heavy atom. The van der Waals surface area contributed by atoms with Crippen LogP contribution >= 0.6 is 27.7 Å². The summed E-state index contributed by atoms with van der Waals surface area (Å²) in [7, 11) is 0. The molecule has 170 valence electrons. The quantitative estimate of drug-likeness (QED) is 0.141. The van der Waals surface area contributed by atoms with Gasteiger partial charge in [0.25, 0.3) is 11.6 Å². The highest BCUT2D eigenvalue weighted by molar-refractivity contribution is 9.10. The summed E-state index contributed by atoms with van der Waals surface area (Å²) >= 11 is 4.69. The van der Waals surface area contributed by atoms with Crippen molar-refractivity contribution in [2.24, 2.45) is 5.10 Å². The van der Waals surface area contributed by atoms with E-state index in [4.69, 9.17) is 4.74 Å². The monoisotopic (exact) mass is 529 g/mol. The average molecular weight is 530 g/mol. The van der Waals surface area contributed by atoms with E-state index in [9.17, 15) is 14.9 Å². The van der Waals surface area contributed by atoms with Gasteiger partial charge in [-0.05, 0) is 65.2 Å². The number of amides is 1. The Morgan fingerprint density at radius 3 is 2.67 bits per heavy atom. The van der Waals surface area contributed by atoms with Crippen LogP contribution in [0.5, 0.6) is 5.75 Å². The zero-order valence-electron chi connectivity index (χ0n) is 17.8. The molecule has 1 aromatic heterocycles. The Balaban J connectivity index is 1.50. The van der Waals surface area contributed by atoms with Gasteiger partial charge in [0, 0.05) is 23.5 Å². The molecule has 0 saturated heterocycles. The number of nitro benzene ring substituents is 1. The first-order chi connectivity index (χ1) is 15.8. The number of thioether (sulfide) groups is 1. The fourth-order valence-corrected chi connectivity index (χ4v) is 3.99. The van der Waals surface area contributed by atoms with Crippen molar-refractivity contribution in [2.75, 3.05) is 5.75 Å². The van der Waals surface area contributed by atoms with E-state index in [1.54, 1.807) is 30.3 Å². The Hall–Kier alpha value is -3.31. The van der Waals surface area contributed by atoms with Crippen LogP contribution in [0.15, 0.2) is 63.3 Å². The van der Waals surface area contributed by atoms with Crippen molar-refractivity contribution in [3.63, 3.8) is 0 Å². The average Bonchev–Trinajstić information content (AvgIpc) is 2.77. The minimum absolute atomic E-state index is 0.0173. The van der Waals surface area contributed by atoms with E-state index in [-0.39, 0.29) is 24.0 Å². The standard InChI is InChI=1S/C22H20BrN5O4S/c1-14-8-15(2)26-22(25-14)33-13-21(29)27-24-11-16-6-7-20(19(23)10-16)32-12-17-4-3-5-18(9-17)28(30)31/h3-11H,12-13H2,1-2H3,(H,27,29)/b24-11-. The largest absolute Gasteiger partial charge is 0.488 e. The smallest absolute Gasteiger partial charge is 0.269 e. The summed E-state index contributed by atoms with van der Waals surface area (Å²) in [6, 6.07) is 13.5. The molecule has 0 atom stereocenters. The molecule has 11 heteroatoms. The number of nitrogens with zero attached hydrogens (tertiary/aromatic N) is 4. The summed E-state index contributed by atoms with van der Waals surface area (Å²) in [5, 5.41) is 15.4. The second-order valence-electron chi connectivity index (χ2n) is 6.92. The molecule has 0 aliphatic carbocycles. The van der Waals surface area contributed by atoms with Crippen molar-refractivity contribution in [3.8, 4) is 5.75 Å². The summed E-state index contributed by atoms with van der Waals surface area (Å²) in [6.07, 6.45) is 1.52. The first-order valence-electron chi connectivity index (χ1n) is 9.73. The molecule has 0 aliphatic heterocycles. The fraction of sp³-hybridized carbons (Fsp3) is 0.182. The van der Waals surface area contributed by atoms with Crippen molar-refractivity contribution in [1.82, 2.24) is 15.4 Å². The highest BCUT2D eigenvalue weighted by Gasteiger charge is 2.08. The molecule has 0 unspecified atom stereocenters. The van der Waals surface area contributed by atoms with Gasteiger partial charge < -0.3 is 4.74 Å². The van der Waals surface area contributed by atoms with E-state index in [2.05, 4.69) is 36.4 Å². The SMILES string of the molecule is Cc1cc(C)nc(SCC(=O)N/N=C\c2ccc(OCc3cccc([N+](=O)[O-])c3)c(Br)c2)n1. The molecule has 33 heavy (non-hydrogen) atoms. The lowest BCUT2D eigenvalue weighted by Gasteiger charge is -2.09. The summed E-state index contributed by atoms with van der Waals surface area (Å²) in [5.41, 5.74) is 5.64. The topological polar surface area (TPSA) is 120 Å². The number of carbonyl (C=O) groups excluding carboxylic acids is 1. The zero-order chi connectivity index (χ0) is 23.8. The first-order valence-corrected chi connectivity index (χ1v) is 11.5. The van der Waals surface area contributed by atoms with Gasteiger partial charge in [-0.15, -0.1) is 0 Å². The third-order valence-electron chi connectivity index (χ3n) is 4.17. The Morgan fingerprint density at radius 2 is 1.97 bits per heavy atom. The number of halogens is 1.